The largest absolute Gasteiger partial charge is 0.494 e. The maximum Gasteiger partial charge on any atom is 0.145 e. The summed E-state index contributed by atoms with van der Waals surface area (Å²) >= 11 is 0. The minimum Gasteiger partial charge on any atom is -0.494 e. The first-order valence-electron chi connectivity index (χ1n) is 4.83. The number of aromatic nitrogens is 2. The van der Waals surface area contributed by atoms with Gasteiger partial charge in [0.2, 0.25) is 0 Å². The van der Waals surface area contributed by atoms with E-state index in [9.17, 15) is 0 Å². The molecule has 0 radical (unpaired) electrons. The van der Waals surface area contributed by atoms with E-state index in [1.54, 1.807) is 6.07 Å². The van der Waals surface area contributed by atoms with Crippen molar-refractivity contribution in [3.8, 4) is 17.0 Å². The van der Waals surface area contributed by atoms with Gasteiger partial charge in [0.15, 0.2) is 0 Å². The number of hydrogen-bond acceptors (Lipinski definition) is 3. The lowest BCUT2D eigenvalue weighted by Crippen LogP contribution is -1.91. The minimum atomic E-state index is 0.492. The molecule has 0 saturated heterocycles. The van der Waals surface area contributed by atoms with Crippen molar-refractivity contribution >= 4 is 5.82 Å². The molecule has 1 heterocycles. The van der Waals surface area contributed by atoms with Gasteiger partial charge in [0.25, 0.3) is 0 Å². The van der Waals surface area contributed by atoms with Crippen molar-refractivity contribution in [1.82, 2.24) is 10.2 Å². The number of rotatable bonds is 3. The van der Waals surface area contributed by atoms with Crippen molar-refractivity contribution in [3.63, 3.8) is 0 Å². The number of nitrogens with zero attached hydrogens (tertiary/aromatic N) is 1. The number of anilines is 1. The van der Waals surface area contributed by atoms with Gasteiger partial charge in [-0.15, -0.1) is 0 Å². The average Bonchev–Trinajstić information content (AvgIpc) is 2.66. The lowest BCUT2D eigenvalue weighted by molar-refractivity contribution is 0.340. The second-order valence-corrected chi connectivity index (χ2v) is 3.17. The van der Waals surface area contributed by atoms with Gasteiger partial charge in [-0.3, -0.25) is 5.10 Å². The summed E-state index contributed by atoms with van der Waals surface area (Å²) in [6.45, 7) is 2.62. The number of hydrogen-bond donors (Lipinski definition) is 2. The summed E-state index contributed by atoms with van der Waals surface area (Å²) in [4.78, 5) is 0. The van der Waals surface area contributed by atoms with E-state index in [4.69, 9.17) is 10.5 Å². The zero-order chi connectivity index (χ0) is 10.7. The predicted octanol–water partition coefficient (Wildman–Crippen LogP) is 2.06. The van der Waals surface area contributed by atoms with E-state index in [1.807, 2.05) is 31.2 Å². The van der Waals surface area contributed by atoms with E-state index in [2.05, 4.69) is 10.2 Å². The number of ether oxygens (including phenoxy) is 1. The van der Waals surface area contributed by atoms with Crippen LogP contribution in [0.25, 0.3) is 11.3 Å². The molecule has 0 saturated carbocycles. The molecular weight excluding hydrogens is 190 g/mol. The Morgan fingerprint density at radius 2 is 2.27 bits per heavy atom. The molecule has 0 bridgehead atoms. The van der Waals surface area contributed by atoms with Crippen LogP contribution in [0.15, 0.2) is 30.3 Å². The van der Waals surface area contributed by atoms with Gasteiger partial charge in [0.05, 0.1) is 12.3 Å². The third-order valence-electron chi connectivity index (χ3n) is 2.05. The zero-order valence-electron chi connectivity index (χ0n) is 8.53. The Kier molecular flexibility index (Phi) is 2.58. The van der Waals surface area contributed by atoms with Gasteiger partial charge in [-0.2, -0.15) is 5.10 Å². The molecule has 0 aliphatic rings. The van der Waals surface area contributed by atoms with Gasteiger partial charge in [0, 0.05) is 11.6 Å². The Balaban J connectivity index is 2.32. The summed E-state index contributed by atoms with van der Waals surface area (Å²) in [5.74, 6) is 1.34. The van der Waals surface area contributed by atoms with Gasteiger partial charge in [-0.25, -0.2) is 0 Å². The Labute approximate surface area is 88.1 Å². The molecule has 0 spiro atoms. The normalized spacial score (nSPS) is 10.2. The smallest absolute Gasteiger partial charge is 0.145 e. The van der Waals surface area contributed by atoms with E-state index in [0.29, 0.717) is 12.4 Å². The maximum absolute atomic E-state index is 5.54. The van der Waals surface area contributed by atoms with Crippen LogP contribution in [0.1, 0.15) is 6.92 Å². The van der Waals surface area contributed by atoms with Crippen molar-refractivity contribution in [2.75, 3.05) is 12.3 Å². The van der Waals surface area contributed by atoms with Gasteiger partial charge < -0.3 is 10.5 Å². The Bertz CT molecular complexity index is 451. The van der Waals surface area contributed by atoms with Crippen LogP contribution in [0.2, 0.25) is 0 Å². The molecule has 78 valence electrons. The van der Waals surface area contributed by atoms with Gasteiger partial charge in [-0.05, 0) is 19.1 Å². The first-order valence-corrected chi connectivity index (χ1v) is 4.83. The van der Waals surface area contributed by atoms with Crippen molar-refractivity contribution in [3.05, 3.63) is 30.3 Å². The van der Waals surface area contributed by atoms with Crippen LogP contribution in [-0.2, 0) is 0 Å². The Morgan fingerprint density at radius 3 is 2.93 bits per heavy atom. The van der Waals surface area contributed by atoms with E-state index in [-0.39, 0.29) is 0 Å². The van der Waals surface area contributed by atoms with E-state index < -0.39 is 0 Å². The monoisotopic (exact) mass is 203 g/mol. The Hall–Kier alpha value is -1.97. The number of benzene rings is 1. The zero-order valence-corrected chi connectivity index (χ0v) is 8.53. The first kappa shape index (κ1) is 9.58. The number of aromatic amines is 1. The molecule has 2 rings (SSSR count). The molecule has 1 aromatic heterocycles. The molecule has 1 aromatic carbocycles. The fourth-order valence-electron chi connectivity index (χ4n) is 1.41. The average molecular weight is 203 g/mol. The van der Waals surface area contributed by atoms with Gasteiger partial charge >= 0.3 is 0 Å². The molecule has 0 atom stereocenters. The summed E-state index contributed by atoms with van der Waals surface area (Å²) in [6, 6.07) is 9.60. The first-order chi connectivity index (χ1) is 7.29. The second-order valence-electron chi connectivity index (χ2n) is 3.17. The van der Waals surface area contributed by atoms with Crippen LogP contribution < -0.4 is 10.5 Å². The molecule has 0 unspecified atom stereocenters. The highest BCUT2D eigenvalue weighted by Gasteiger charge is 2.02. The topological polar surface area (TPSA) is 63.9 Å². The number of nitrogens with one attached hydrogen (secondary N) is 1. The summed E-state index contributed by atoms with van der Waals surface area (Å²) in [5.41, 5.74) is 7.45. The third kappa shape index (κ3) is 2.10. The summed E-state index contributed by atoms with van der Waals surface area (Å²) in [6.07, 6.45) is 0. The van der Waals surface area contributed by atoms with Crippen LogP contribution in [-0.4, -0.2) is 16.8 Å². The van der Waals surface area contributed by atoms with Crippen LogP contribution in [0, 0.1) is 0 Å². The molecule has 0 aliphatic heterocycles. The van der Waals surface area contributed by atoms with Crippen molar-refractivity contribution < 1.29 is 4.74 Å². The van der Waals surface area contributed by atoms with Crippen LogP contribution in [0.4, 0.5) is 5.82 Å². The fraction of sp³-hybridized carbons (Fsp3) is 0.182. The van der Waals surface area contributed by atoms with Gasteiger partial charge in [0.1, 0.15) is 11.6 Å². The van der Waals surface area contributed by atoms with Crippen molar-refractivity contribution in [1.29, 1.82) is 0 Å². The Morgan fingerprint density at radius 1 is 1.40 bits per heavy atom. The lowest BCUT2D eigenvalue weighted by Gasteiger charge is -2.04. The van der Waals surface area contributed by atoms with Crippen molar-refractivity contribution in [2.45, 2.75) is 6.92 Å². The quantitative estimate of drug-likeness (QED) is 0.802. The van der Waals surface area contributed by atoms with Crippen LogP contribution in [0.5, 0.6) is 5.75 Å². The maximum atomic E-state index is 5.54. The van der Waals surface area contributed by atoms with Crippen LogP contribution >= 0.6 is 0 Å². The lowest BCUT2D eigenvalue weighted by atomic mass is 10.1. The standard InChI is InChI=1S/C11H13N3O/c1-2-15-9-5-3-4-8(6-9)10-7-11(12)14-13-10/h3-7H,2H2,1H3,(H3,12,13,14). The molecular formula is C11H13N3O. The summed E-state index contributed by atoms with van der Waals surface area (Å²) in [5, 5.41) is 6.74. The molecule has 0 aliphatic carbocycles. The SMILES string of the molecule is CCOc1cccc(-c2cc(N)n[nH]2)c1. The molecule has 4 nitrogen and oxygen atoms in total. The van der Waals surface area contributed by atoms with Crippen LogP contribution in [0.3, 0.4) is 0 Å². The highest BCUT2D eigenvalue weighted by Crippen LogP contribution is 2.23. The highest BCUT2D eigenvalue weighted by molar-refractivity contribution is 5.63. The van der Waals surface area contributed by atoms with Crippen molar-refractivity contribution in [2.24, 2.45) is 0 Å². The third-order valence-corrected chi connectivity index (χ3v) is 2.05. The van der Waals surface area contributed by atoms with E-state index >= 15 is 0 Å². The second kappa shape index (κ2) is 4.04. The molecule has 2 aromatic rings. The molecule has 3 N–H and O–H groups in total. The summed E-state index contributed by atoms with van der Waals surface area (Å²) < 4.78 is 5.41. The molecule has 4 heteroatoms. The fourth-order valence-corrected chi connectivity index (χ4v) is 1.41. The number of nitrogens with two attached hydrogens (primary N) is 1. The molecule has 0 fully saturated rings. The predicted molar refractivity (Wildman–Crippen MR) is 59.6 cm³/mol. The molecule has 15 heavy (non-hydrogen) atoms. The van der Waals surface area contributed by atoms with Gasteiger partial charge in [-0.1, -0.05) is 12.1 Å². The number of H-pyrrole nitrogens is 1. The summed E-state index contributed by atoms with van der Waals surface area (Å²) in [7, 11) is 0. The highest BCUT2D eigenvalue weighted by atomic mass is 16.5. The van der Waals surface area contributed by atoms with E-state index in [0.717, 1.165) is 17.0 Å². The van der Waals surface area contributed by atoms with E-state index in [1.165, 1.54) is 0 Å². The number of nitrogen functional groups attached to an aromatic ring is 1. The molecule has 0 amide bonds. The minimum absolute atomic E-state index is 0.492.